The zero-order chi connectivity index (χ0) is 24.2. The van der Waals surface area contributed by atoms with Crippen LogP contribution in [-0.2, 0) is 9.59 Å². The van der Waals surface area contributed by atoms with E-state index >= 15 is 0 Å². The summed E-state index contributed by atoms with van der Waals surface area (Å²) in [6.07, 6.45) is 2.81. The minimum absolute atomic E-state index is 0.0121. The molecule has 2 heterocycles. The molecule has 7 nitrogen and oxygen atoms in total. The minimum Gasteiger partial charge on any atom is -0.391 e. The van der Waals surface area contributed by atoms with E-state index in [4.69, 9.17) is 11.6 Å². The molecule has 33 heavy (non-hydrogen) atoms. The lowest BCUT2D eigenvalue weighted by Crippen LogP contribution is -2.51. The highest BCUT2D eigenvalue weighted by molar-refractivity contribution is 6.30. The number of rotatable bonds is 6. The predicted octanol–water partition coefficient (Wildman–Crippen LogP) is 2.01. The van der Waals surface area contributed by atoms with Crippen molar-refractivity contribution in [3.8, 4) is 0 Å². The van der Waals surface area contributed by atoms with Gasteiger partial charge >= 0.3 is 0 Å². The lowest BCUT2D eigenvalue weighted by molar-refractivity contribution is -0.132. The van der Waals surface area contributed by atoms with E-state index in [1.807, 2.05) is 18.7 Å². The Kier molecular flexibility index (Phi) is 8.50. The molecule has 2 aliphatic heterocycles. The summed E-state index contributed by atoms with van der Waals surface area (Å²) >= 11 is 5.77. The van der Waals surface area contributed by atoms with Gasteiger partial charge in [-0.3, -0.25) is 14.5 Å². The van der Waals surface area contributed by atoms with Gasteiger partial charge in [0.1, 0.15) is 5.82 Å². The zero-order valence-corrected chi connectivity index (χ0v) is 20.0. The third kappa shape index (κ3) is 6.99. The molecule has 2 amide bonds. The second-order valence-corrected chi connectivity index (χ2v) is 10.00. The molecule has 3 rings (SSSR count). The zero-order valence-electron chi connectivity index (χ0n) is 19.2. The van der Waals surface area contributed by atoms with Crippen molar-refractivity contribution in [2.45, 2.75) is 38.9 Å². The Morgan fingerprint density at radius 2 is 2.03 bits per heavy atom. The molecule has 1 unspecified atom stereocenters. The van der Waals surface area contributed by atoms with Crippen LogP contribution in [0.3, 0.4) is 0 Å². The lowest BCUT2D eigenvalue weighted by Gasteiger charge is -2.42. The highest BCUT2D eigenvalue weighted by Gasteiger charge is 2.35. The summed E-state index contributed by atoms with van der Waals surface area (Å²) in [6, 6.07) is 4.21. The van der Waals surface area contributed by atoms with Gasteiger partial charge in [0.15, 0.2) is 0 Å². The van der Waals surface area contributed by atoms with E-state index in [2.05, 4.69) is 0 Å². The standard InChI is InChI=1S/C24H33ClFN3O4/c1-24(2)8-10-27(16-21(24)31)14-18(30)15-29-12-11-28(9-7-23(29)33)22(32)6-4-17-3-5-20(26)19(25)13-17/h3-6,13,18,21,30-31H,7-12,14-16H2,1-2H3/t18-,21?/m0/s1. The first-order valence-electron chi connectivity index (χ1n) is 11.3. The molecule has 2 atom stereocenters. The third-order valence-electron chi connectivity index (χ3n) is 6.57. The molecule has 2 aliphatic rings. The predicted molar refractivity (Wildman–Crippen MR) is 125 cm³/mol. The number of carbonyl (C=O) groups excluding carboxylic acids is 2. The Bertz CT molecular complexity index is 894. The summed E-state index contributed by atoms with van der Waals surface area (Å²) in [4.78, 5) is 30.4. The summed E-state index contributed by atoms with van der Waals surface area (Å²) in [6.45, 7) is 6.97. The lowest BCUT2D eigenvalue weighted by atomic mass is 9.80. The van der Waals surface area contributed by atoms with Gasteiger partial charge in [-0.1, -0.05) is 31.5 Å². The van der Waals surface area contributed by atoms with Crippen LogP contribution < -0.4 is 0 Å². The fourth-order valence-electron chi connectivity index (χ4n) is 4.14. The number of piperidine rings is 1. The number of likely N-dealkylation sites (tertiary alicyclic amines) is 1. The van der Waals surface area contributed by atoms with Crippen molar-refractivity contribution in [1.82, 2.24) is 14.7 Å². The van der Waals surface area contributed by atoms with Crippen molar-refractivity contribution < 1.29 is 24.2 Å². The van der Waals surface area contributed by atoms with E-state index in [9.17, 15) is 24.2 Å². The number of aliphatic hydroxyl groups excluding tert-OH is 2. The first-order valence-corrected chi connectivity index (χ1v) is 11.7. The number of hydrogen-bond acceptors (Lipinski definition) is 5. The molecule has 2 fully saturated rings. The van der Waals surface area contributed by atoms with Gasteiger partial charge in [0.05, 0.1) is 17.2 Å². The van der Waals surface area contributed by atoms with Crippen LogP contribution in [0.25, 0.3) is 6.08 Å². The van der Waals surface area contributed by atoms with E-state index in [1.54, 1.807) is 15.9 Å². The fraction of sp³-hybridized carbons (Fsp3) is 0.583. The number of β-amino-alcohol motifs (C(OH)–C–C–N with tert-alkyl or cyclic N) is 2. The van der Waals surface area contributed by atoms with Crippen molar-refractivity contribution in [2.75, 3.05) is 45.8 Å². The highest BCUT2D eigenvalue weighted by Crippen LogP contribution is 2.30. The van der Waals surface area contributed by atoms with Crippen LogP contribution >= 0.6 is 11.6 Å². The maximum absolute atomic E-state index is 13.3. The molecule has 0 aromatic heterocycles. The van der Waals surface area contributed by atoms with Crippen LogP contribution in [-0.4, -0.2) is 94.7 Å². The minimum atomic E-state index is -0.729. The Labute approximate surface area is 199 Å². The van der Waals surface area contributed by atoms with Crippen molar-refractivity contribution in [1.29, 1.82) is 0 Å². The van der Waals surface area contributed by atoms with Gasteiger partial charge in [-0.25, -0.2) is 4.39 Å². The van der Waals surface area contributed by atoms with Crippen LogP contribution in [0.2, 0.25) is 5.02 Å². The summed E-state index contributed by atoms with van der Waals surface area (Å²) in [5.41, 5.74) is 0.479. The number of nitrogens with zero attached hydrogens (tertiary/aromatic N) is 3. The number of amides is 2. The molecule has 0 spiro atoms. The van der Waals surface area contributed by atoms with Gasteiger partial charge in [0, 0.05) is 51.8 Å². The second kappa shape index (κ2) is 11.0. The SMILES string of the molecule is CC1(C)CCN(C[C@H](O)CN2CCN(C(=O)C=Cc3ccc(F)c(Cl)c3)CCC2=O)CC1O. The molecular formula is C24H33ClFN3O4. The van der Waals surface area contributed by atoms with Crippen molar-refractivity contribution in [3.05, 3.63) is 40.7 Å². The smallest absolute Gasteiger partial charge is 0.246 e. The van der Waals surface area contributed by atoms with Crippen molar-refractivity contribution >= 4 is 29.5 Å². The Balaban J connectivity index is 1.50. The monoisotopic (exact) mass is 481 g/mol. The first kappa shape index (κ1) is 25.6. The van der Waals surface area contributed by atoms with E-state index in [-0.39, 0.29) is 35.2 Å². The van der Waals surface area contributed by atoms with Gasteiger partial charge in [-0.2, -0.15) is 0 Å². The Morgan fingerprint density at radius 1 is 1.27 bits per heavy atom. The summed E-state index contributed by atoms with van der Waals surface area (Å²) in [5.74, 6) is -0.859. The molecule has 9 heteroatoms. The quantitative estimate of drug-likeness (QED) is 0.607. The van der Waals surface area contributed by atoms with Crippen LogP contribution in [0, 0.1) is 11.2 Å². The van der Waals surface area contributed by atoms with Gasteiger partial charge < -0.3 is 20.0 Å². The van der Waals surface area contributed by atoms with Crippen molar-refractivity contribution in [2.24, 2.45) is 5.41 Å². The van der Waals surface area contributed by atoms with Crippen LogP contribution in [0.4, 0.5) is 4.39 Å². The fourth-order valence-corrected chi connectivity index (χ4v) is 4.33. The largest absolute Gasteiger partial charge is 0.391 e. The molecule has 0 bridgehead atoms. The van der Waals surface area contributed by atoms with Crippen LogP contribution in [0.5, 0.6) is 0 Å². The molecule has 0 aliphatic carbocycles. The second-order valence-electron chi connectivity index (χ2n) is 9.59. The molecule has 0 saturated carbocycles. The number of halogens is 2. The maximum Gasteiger partial charge on any atom is 0.246 e. The van der Waals surface area contributed by atoms with E-state index in [1.165, 1.54) is 24.3 Å². The molecule has 2 saturated heterocycles. The van der Waals surface area contributed by atoms with Crippen LogP contribution in [0.1, 0.15) is 32.3 Å². The molecule has 182 valence electrons. The number of benzene rings is 1. The van der Waals surface area contributed by atoms with E-state index in [0.29, 0.717) is 38.3 Å². The van der Waals surface area contributed by atoms with Gasteiger partial charge in [0.2, 0.25) is 11.8 Å². The molecular weight excluding hydrogens is 449 g/mol. The van der Waals surface area contributed by atoms with Gasteiger partial charge in [0.25, 0.3) is 0 Å². The maximum atomic E-state index is 13.3. The summed E-state index contributed by atoms with van der Waals surface area (Å²) in [7, 11) is 0. The van der Waals surface area contributed by atoms with E-state index in [0.717, 1.165) is 13.0 Å². The molecule has 2 N–H and O–H groups in total. The first-order chi connectivity index (χ1) is 15.5. The Morgan fingerprint density at radius 3 is 2.73 bits per heavy atom. The number of hydrogen-bond donors (Lipinski definition) is 2. The number of aliphatic hydroxyl groups is 2. The average molecular weight is 482 g/mol. The summed E-state index contributed by atoms with van der Waals surface area (Å²) < 4.78 is 13.3. The average Bonchev–Trinajstić information content (AvgIpc) is 2.93. The van der Waals surface area contributed by atoms with Gasteiger partial charge in [-0.05, 0) is 42.2 Å². The van der Waals surface area contributed by atoms with Gasteiger partial charge in [-0.15, -0.1) is 0 Å². The molecule has 0 radical (unpaired) electrons. The molecule has 1 aromatic carbocycles. The third-order valence-corrected chi connectivity index (χ3v) is 6.86. The van der Waals surface area contributed by atoms with E-state index < -0.39 is 18.0 Å². The Hall–Kier alpha value is -2.00. The highest BCUT2D eigenvalue weighted by atomic mass is 35.5. The summed E-state index contributed by atoms with van der Waals surface area (Å²) in [5, 5.41) is 20.8. The topological polar surface area (TPSA) is 84.3 Å². The van der Waals surface area contributed by atoms with Crippen molar-refractivity contribution in [3.63, 3.8) is 0 Å². The normalized spacial score (nSPS) is 23.1. The molecule has 1 aromatic rings. The van der Waals surface area contributed by atoms with Crippen LogP contribution in [0.15, 0.2) is 24.3 Å². The number of carbonyl (C=O) groups is 2.